The summed E-state index contributed by atoms with van der Waals surface area (Å²) in [6.07, 6.45) is -3.76. The van der Waals surface area contributed by atoms with E-state index in [9.17, 15) is 23.1 Å². The molecule has 0 unspecified atom stereocenters. The van der Waals surface area contributed by atoms with Crippen LogP contribution in [0.2, 0.25) is 0 Å². The number of thioether (sulfide) groups is 1. The molecular formula is C11H13F3N2O2S2. The van der Waals surface area contributed by atoms with Crippen LogP contribution in [0.5, 0.6) is 0 Å². The maximum Gasteiger partial charge on any atom is 0.434 e. The summed E-state index contributed by atoms with van der Waals surface area (Å²) < 4.78 is 37.1. The third-order valence-corrected chi connectivity index (χ3v) is 4.82. The van der Waals surface area contributed by atoms with Crippen LogP contribution in [0.25, 0.3) is 0 Å². The fourth-order valence-corrected chi connectivity index (χ4v) is 3.69. The highest BCUT2D eigenvalue weighted by Crippen LogP contribution is 2.30. The summed E-state index contributed by atoms with van der Waals surface area (Å²) in [5, 5.41) is 13.7. The Labute approximate surface area is 121 Å². The summed E-state index contributed by atoms with van der Waals surface area (Å²) in [7, 11) is 0. The van der Waals surface area contributed by atoms with Gasteiger partial charge in [0, 0.05) is 5.38 Å². The normalized spacial score (nSPS) is 18.8. The van der Waals surface area contributed by atoms with Crippen molar-refractivity contribution in [1.82, 2.24) is 10.3 Å². The molecule has 0 atom stereocenters. The summed E-state index contributed by atoms with van der Waals surface area (Å²) in [6.45, 7) is -0.102. The molecule has 0 aliphatic carbocycles. The van der Waals surface area contributed by atoms with Crippen molar-refractivity contribution in [1.29, 1.82) is 0 Å². The van der Waals surface area contributed by atoms with E-state index >= 15 is 0 Å². The summed E-state index contributed by atoms with van der Waals surface area (Å²) in [5.74, 6) is 0.847. The summed E-state index contributed by atoms with van der Waals surface area (Å²) >= 11 is 2.49. The van der Waals surface area contributed by atoms with Gasteiger partial charge >= 0.3 is 6.18 Å². The molecule has 2 heterocycles. The van der Waals surface area contributed by atoms with Gasteiger partial charge in [-0.15, -0.1) is 11.3 Å². The maximum absolute atomic E-state index is 12.4. The van der Waals surface area contributed by atoms with Gasteiger partial charge in [-0.1, -0.05) is 0 Å². The Kier molecular flexibility index (Phi) is 4.60. The predicted octanol–water partition coefficient (Wildman–Crippen LogP) is 2.04. The molecule has 20 heavy (non-hydrogen) atoms. The zero-order valence-electron chi connectivity index (χ0n) is 10.4. The fraction of sp³-hybridized carbons (Fsp3) is 0.636. The van der Waals surface area contributed by atoms with E-state index in [2.05, 4.69) is 10.3 Å². The molecule has 0 radical (unpaired) electrons. The second kappa shape index (κ2) is 5.90. The van der Waals surface area contributed by atoms with Crippen LogP contribution < -0.4 is 5.32 Å². The molecule has 4 nitrogen and oxygen atoms in total. The van der Waals surface area contributed by atoms with E-state index in [0.29, 0.717) is 24.3 Å². The smallest absolute Gasteiger partial charge is 0.380 e. The van der Waals surface area contributed by atoms with Gasteiger partial charge in [-0.3, -0.25) is 4.79 Å². The number of rotatable bonds is 3. The highest BCUT2D eigenvalue weighted by molar-refractivity contribution is 7.99. The lowest BCUT2D eigenvalue weighted by molar-refractivity contribution is -0.140. The Morgan fingerprint density at radius 2 is 2.10 bits per heavy atom. The number of halogens is 3. The van der Waals surface area contributed by atoms with E-state index in [1.807, 2.05) is 0 Å². The molecule has 1 fully saturated rings. The molecule has 0 aromatic carbocycles. The molecule has 1 aliphatic heterocycles. The maximum atomic E-state index is 12.4. The molecule has 1 saturated heterocycles. The van der Waals surface area contributed by atoms with Crippen molar-refractivity contribution in [3.63, 3.8) is 0 Å². The van der Waals surface area contributed by atoms with Crippen LogP contribution in [0.1, 0.15) is 23.5 Å². The quantitative estimate of drug-likeness (QED) is 0.892. The van der Waals surface area contributed by atoms with Crippen LogP contribution in [0.3, 0.4) is 0 Å². The molecule has 1 aromatic heterocycles. The second-order valence-electron chi connectivity index (χ2n) is 4.45. The van der Waals surface area contributed by atoms with Crippen molar-refractivity contribution in [2.75, 3.05) is 11.5 Å². The van der Waals surface area contributed by atoms with Crippen LogP contribution in [-0.4, -0.2) is 33.1 Å². The topological polar surface area (TPSA) is 62.2 Å². The molecule has 112 valence electrons. The number of alkyl halides is 3. The average molecular weight is 326 g/mol. The second-order valence-corrected chi connectivity index (χ2v) is 6.62. The molecule has 2 rings (SSSR count). The highest BCUT2D eigenvalue weighted by Gasteiger charge is 2.37. The van der Waals surface area contributed by atoms with E-state index in [-0.39, 0.29) is 11.6 Å². The van der Waals surface area contributed by atoms with Gasteiger partial charge in [-0.05, 0) is 24.3 Å². The number of carbonyl (C=O) groups is 1. The van der Waals surface area contributed by atoms with Gasteiger partial charge < -0.3 is 10.4 Å². The summed E-state index contributed by atoms with van der Waals surface area (Å²) in [4.78, 5) is 15.3. The van der Waals surface area contributed by atoms with E-state index in [4.69, 9.17) is 0 Å². The first-order chi connectivity index (χ1) is 9.31. The fourth-order valence-electron chi connectivity index (χ4n) is 1.78. The number of carbonyl (C=O) groups excluding carboxylic acids is 1. The Morgan fingerprint density at radius 3 is 2.65 bits per heavy atom. The van der Waals surface area contributed by atoms with Crippen molar-refractivity contribution < 1.29 is 23.1 Å². The number of hydrogen-bond donors (Lipinski definition) is 2. The van der Waals surface area contributed by atoms with E-state index < -0.39 is 23.4 Å². The molecule has 1 aromatic rings. The van der Waals surface area contributed by atoms with Gasteiger partial charge in [-0.25, -0.2) is 4.98 Å². The minimum atomic E-state index is -4.47. The molecular weight excluding hydrogens is 313 g/mol. The molecule has 1 amide bonds. The van der Waals surface area contributed by atoms with E-state index in [1.165, 1.54) is 0 Å². The van der Waals surface area contributed by atoms with E-state index in [1.54, 1.807) is 11.8 Å². The largest absolute Gasteiger partial charge is 0.434 e. The number of aromatic nitrogens is 1. The van der Waals surface area contributed by atoms with Crippen molar-refractivity contribution in [2.24, 2.45) is 0 Å². The molecule has 2 N–H and O–H groups in total. The molecule has 9 heteroatoms. The predicted molar refractivity (Wildman–Crippen MR) is 70.5 cm³/mol. The SMILES string of the molecule is O=C(NCc1nc(C(F)(F)F)cs1)C1(O)CCSCC1. The minimum absolute atomic E-state index is 0.102. The molecule has 0 spiro atoms. The Morgan fingerprint density at radius 1 is 1.45 bits per heavy atom. The average Bonchev–Trinajstić information content (AvgIpc) is 2.85. The monoisotopic (exact) mass is 326 g/mol. The Hall–Kier alpha value is -0.800. The summed E-state index contributed by atoms with van der Waals surface area (Å²) in [6, 6.07) is 0. The summed E-state index contributed by atoms with van der Waals surface area (Å²) in [5.41, 5.74) is -2.37. The van der Waals surface area contributed by atoms with Crippen LogP contribution in [0, 0.1) is 0 Å². The zero-order chi connectivity index (χ0) is 14.8. The standard InChI is InChI=1S/C11H13F3N2O2S2/c12-11(13,14)7-6-20-8(16-7)5-15-9(17)10(18)1-3-19-4-2-10/h6,18H,1-5H2,(H,15,17). The van der Waals surface area contributed by atoms with Gasteiger partial charge in [0.25, 0.3) is 5.91 Å². The number of thiazole rings is 1. The van der Waals surface area contributed by atoms with Gasteiger partial charge in [0.15, 0.2) is 5.69 Å². The third kappa shape index (κ3) is 3.64. The molecule has 1 aliphatic rings. The van der Waals surface area contributed by atoms with Gasteiger partial charge in [-0.2, -0.15) is 24.9 Å². The lowest BCUT2D eigenvalue weighted by Gasteiger charge is -2.30. The van der Waals surface area contributed by atoms with Crippen molar-refractivity contribution in [3.8, 4) is 0 Å². The van der Waals surface area contributed by atoms with Gasteiger partial charge in [0.05, 0.1) is 6.54 Å². The van der Waals surface area contributed by atoms with Crippen LogP contribution in [-0.2, 0) is 17.5 Å². The van der Waals surface area contributed by atoms with Gasteiger partial charge in [0.2, 0.25) is 0 Å². The zero-order valence-corrected chi connectivity index (χ0v) is 12.0. The number of hydrogen-bond acceptors (Lipinski definition) is 5. The Balaban J connectivity index is 1.91. The van der Waals surface area contributed by atoms with Crippen LogP contribution in [0.4, 0.5) is 13.2 Å². The minimum Gasteiger partial charge on any atom is -0.380 e. The first-order valence-corrected chi connectivity index (χ1v) is 7.95. The van der Waals surface area contributed by atoms with Crippen molar-refractivity contribution >= 4 is 29.0 Å². The number of aliphatic hydroxyl groups is 1. The number of nitrogens with zero attached hydrogens (tertiary/aromatic N) is 1. The van der Waals surface area contributed by atoms with E-state index in [0.717, 1.165) is 16.7 Å². The van der Waals surface area contributed by atoms with Crippen LogP contribution in [0.15, 0.2) is 5.38 Å². The lowest BCUT2D eigenvalue weighted by Crippen LogP contribution is -2.48. The third-order valence-electron chi connectivity index (χ3n) is 2.98. The van der Waals surface area contributed by atoms with Crippen molar-refractivity contribution in [2.45, 2.75) is 31.2 Å². The number of amides is 1. The Bertz CT molecular complexity index is 484. The van der Waals surface area contributed by atoms with Gasteiger partial charge in [0.1, 0.15) is 10.6 Å². The molecule has 0 bridgehead atoms. The van der Waals surface area contributed by atoms with Crippen molar-refractivity contribution in [3.05, 3.63) is 16.1 Å². The number of nitrogens with one attached hydrogen (secondary N) is 1. The first kappa shape index (κ1) is 15.6. The lowest BCUT2D eigenvalue weighted by atomic mass is 9.96. The first-order valence-electron chi connectivity index (χ1n) is 5.91. The van der Waals surface area contributed by atoms with Crippen LogP contribution >= 0.6 is 23.1 Å². The molecule has 0 saturated carbocycles. The highest BCUT2D eigenvalue weighted by atomic mass is 32.2.